The average molecular weight is 251 g/mol. The molecule has 0 aliphatic rings. The molecule has 2 heterocycles. The predicted molar refractivity (Wildman–Crippen MR) is 68.0 cm³/mol. The summed E-state index contributed by atoms with van der Waals surface area (Å²) in [7, 11) is 0. The van der Waals surface area contributed by atoms with E-state index in [0.717, 1.165) is 43.1 Å². The zero-order chi connectivity index (χ0) is 12.1. The van der Waals surface area contributed by atoms with Crippen molar-refractivity contribution in [3.05, 3.63) is 28.0 Å². The average Bonchev–Trinajstić information content (AvgIpc) is 2.90. The Kier molecular flexibility index (Phi) is 4.22. The molecule has 17 heavy (non-hydrogen) atoms. The van der Waals surface area contributed by atoms with E-state index >= 15 is 0 Å². The minimum atomic E-state index is 0.744. The standard InChI is InChI=1S/C11H17N5S/c1-9-13-6-11(17-9)8-16-7-10(14-15-16)4-2-3-5-12/h6-7H,2-5,8,12H2,1H3. The van der Waals surface area contributed by atoms with Gasteiger partial charge >= 0.3 is 0 Å². The number of nitrogens with two attached hydrogens (primary N) is 1. The number of unbranched alkanes of at least 4 members (excludes halogenated alkanes) is 1. The summed E-state index contributed by atoms with van der Waals surface area (Å²) >= 11 is 1.70. The largest absolute Gasteiger partial charge is 0.330 e. The van der Waals surface area contributed by atoms with Gasteiger partial charge in [0, 0.05) is 17.3 Å². The normalized spacial score (nSPS) is 10.9. The van der Waals surface area contributed by atoms with E-state index in [1.54, 1.807) is 11.3 Å². The summed E-state index contributed by atoms with van der Waals surface area (Å²) in [6, 6.07) is 0. The summed E-state index contributed by atoms with van der Waals surface area (Å²) in [5.41, 5.74) is 6.50. The first-order valence-electron chi connectivity index (χ1n) is 5.78. The maximum Gasteiger partial charge on any atom is 0.0897 e. The summed E-state index contributed by atoms with van der Waals surface area (Å²) in [6.07, 6.45) is 6.98. The number of nitrogens with zero attached hydrogens (tertiary/aromatic N) is 4. The maximum absolute atomic E-state index is 5.46. The van der Waals surface area contributed by atoms with Crippen LogP contribution in [0.5, 0.6) is 0 Å². The van der Waals surface area contributed by atoms with Crippen LogP contribution in [0.1, 0.15) is 28.4 Å². The van der Waals surface area contributed by atoms with Crippen molar-refractivity contribution in [1.82, 2.24) is 20.0 Å². The van der Waals surface area contributed by atoms with Crippen LogP contribution in [0.3, 0.4) is 0 Å². The summed E-state index contributed by atoms with van der Waals surface area (Å²) in [5, 5.41) is 9.35. The molecule has 0 atom stereocenters. The molecule has 0 aliphatic carbocycles. The van der Waals surface area contributed by atoms with Gasteiger partial charge in [-0.25, -0.2) is 9.67 Å². The Bertz CT molecular complexity index is 462. The Balaban J connectivity index is 1.89. The van der Waals surface area contributed by atoms with Gasteiger partial charge in [0.15, 0.2) is 0 Å². The molecule has 2 aromatic rings. The molecule has 0 bridgehead atoms. The van der Waals surface area contributed by atoms with Gasteiger partial charge in [-0.15, -0.1) is 16.4 Å². The lowest BCUT2D eigenvalue weighted by Crippen LogP contribution is -1.99. The van der Waals surface area contributed by atoms with E-state index in [4.69, 9.17) is 5.73 Å². The summed E-state index contributed by atoms with van der Waals surface area (Å²) in [5.74, 6) is 0. The van der Waals surface area contributed by atoms with Gasteiger partial charge in [0.1, 0.15) is 0 Å². The zero-order valence-corrected chi connectivity index (χ0v) is 10.8. The van der Waals surface area contributed by atoms with Crippen LogP contribution in [-0.4, -0.2) is 26.5 Å². The van der Waals surface area contributed by atoms with Gasteiger partial charge < -0.3 is 5.73 Å². The molecule has 0 amide bonds. The molecule has 0 spiro atoms. The lowest BCUT2D eigenvalue weighted by Gasteiger charge is -1.95. The van der Waals surface area contributed by atoms with E-state index in [1.165, 1.54) is 4.88 Å². The van der Waals surface area contributed by atoms with Crippen molar-refractivity contribution in [1.29, 1.82) is 0 Å². The number of aryl methyl sites for hydroxylation is 2. The Morgan fingerprint density at radius 1 is 1.41 bits per heavy atom. The van der Waals surface area contributed by atoms with Crippen LogP contribution < -0.4 is 5.73 Å². The van der Waals surface area contributed by atoms with E-state index < -0.39 is 0 Å². The first-order chi connectivity index (χ1) is 8.28. The second-order valence-corrected chi connectivity index (χ2v) is 5.32. The molecule has 2 aromatic heterocycles. The number of hydrogen-bond donors (Lipinski definition) is 1. The van der Waals surface area contributed by atoms with Gasteiger partial charge in [-0.05, 0) is 32.7 Å². The van der Waals surface area contributed by atoms with Crippen LogP contribution in [0.25, 0.3) is 0 Å². The van der Waals surface area contributed by atoms with Crippen LogP contribution in [0.4, 0.5) is 0 Å². The summed E-state index contributed by atoms with van der Waals surface area (Å²) < 4.78 is 1.87. The molecule has 6 heteroatoms. The van der Waals surface area contributed by atoms with E-state index in [9.17, 15) is 0 Å². The van der Waals surface area contributed by atoms with E-state index in [2.05, 4.69) is 15.3 Å². The molecule has 0 fully saturated rings. The lowest BCUT2D eigenvalue weighted by molar-refractivity contribution is 0.654. The van der Waals surface area contributed by atoms with E-state index in [0.29, 0.717) is 0 Å². The third-order valence-electron chi connectivity index (χ3n) is 2.46. The molecular formula is C11H17N5S. The third-order valence-corrected chi connectivity index (χ3v) is 3.36. The summed E-state index contributed by atoms with van der Waals surface area (Å²) in [4.78, 5) is 5.43. The van der Waals surface area contributed by atoms with Crippen molar-refractivity contribution in [2.24, 2.45) is 5.73 Å². The summed E-state index contributed by atoms with van der Waals surface area (Å²) in [6.45, 7) is 3.51. The van der Waals surface area contributed by atoms with Gasteiger partial charge in [-0.3, -0.25) is 0 Å². The monoisotopic (exact) mass is 251 g/mol. The maximum atomic E-state index is 5.46. The van der Waals surface area contributed by atoms with Crippen molar-refractivity contribution in [3.63, 3.8) is 0 Å². The number of thiazole rings is 1. The molecule has 0 unspecified atom stereocenters. The Morgan fingerprint density at radius 3 is 3.00 bits per heavy atom. The number of aromatic nitrogens is 4. The van der Waals surface area contributed by atoms with Crippen LogP contribution in [0.15, 0.2) is 12.4 Å². The highest BCUT2D eigenvalue weighted by molar-refractivity contribution is 7.11. The van der Waals surface area contributed by atoms with Gasteiger partial charge in [0.2, 0.25) is 0 Å². The highest BCUT2D eigenvalue weighted by Gasteiger charge is 2.03. The molecule has 2 N–H and O–H groups in total. The highest BCUT2D eigenvalue weighted by atomic mass is 32.1. The topological polar surface area (TPSA) is 69.6 Å². The van der Waals surface area contributed by atoms with Crippen LogP contribution in [0.2, 0.25) is 0 Å². The molecule has 0 aromatic carbocycles. The van der Waals surface area contributed by atoms with Crippen molar-refractivity contribution < 1.29 is 0 Å². The minimum Gasteiger partial charge on any atom is -0.330 e. The van der Waals surface area contributed by atoms with Gasteiger partial charge in [-0.2, -0.15) is 0 Å². The first-order valence-corrected chi connectivity index (χ1v) is 6.60. The molecule has 0 saturated carbocycles. The second kappa shape index (κ2) is 5.88. The van der Waals surface area contributed by atoms with Crippen molar-refractivity contribution >= 4 is 11.3 Å². The van der Waals surface area contributed by atoms with Gasteiger partial charge in [0.05, 0.1) is 17.2 Å². The van der Waals surface area contributed by atoms with Crippen molar-refractivity contribution in [2.75, 3.05) is 6.54 Å². The van der Waals surface area contributed by atoms with Gasteiger partial charge in [-0.1, -0.05) is 5.21 Å². The number of rotatable bonds is 6. The molecule has 92 valence electrons. The molecule has 0 radical (unpaired) electrons. The SMILES string of the molecule is Cc1ncc(Cn2cc(CCCCN)nn2)s1. The quantitative estimate of drug-likeness (QED) is 0.787. The van der Waals surface area contributed by atoms with E-state index in [-0.39, 0.29) is 0 Å². The van der Waals surface area contributed by atoms with Crippen molar-refractivity contribution in [3.8, 4) is 0 Å². The Hall–Kier alpha value is -1.27. The lowest BCUT2D eigenvalue weighted by atomic mass is 10.2. The van der Waals surface area contributed by atoms with E-state index in [1.807, 2.05) is 24.0 Å². The molecule has 2 rings (SSSR count). The predicted octanol–water partition coefficient (Wildman–Crippen LogP) is 1.37. The van der Waals surface area contributed by atoms with Crippen LogP contribution in [-0.2, 0) is 13.0 Å². The highest BCUT2D eigenvalue weighted by Crippen LogP contribution is 2.12. The third kappa shape index (κ3) is 3.61. The zero-order valence-electron chi connectivity index (χ0n) is 9.96. The molecule has 5 nitrogen and oxygen atoms in total. The minimum absolute atomic E-state index is 0.744. The first kappa shape index (κ1) is 12.2. The molecule has 0 saturated heterocycles. The fourth-order valence-corrected chi connectivity index (χ4v) is 2.41. The van der Waals surface area contributed by atoms with Crippen LogP contribution >= 0.6 is 11.3 Å². The van der Waals surface area contributed by atoms with Crippen molar-refractivity contribution in [2.45, 2.75) is 32.7 Å². The van der Waals surface area contributed by atoms with Gasteiger partial charge in [0.25, 0.3) is 0 Å². The second-order valence-electron chi connectivity index (χ2n) is 4.00. The molecular weight excluding hydrogens is 234 g/mol. The number of hydrogen-bond acceptors (Lipinski definition) is 5. The Labute approximate surface area is 105 Å². The Morgan fingerprint density at radius 2 is 2.29 bits per heavy atom. The smallest absolute Gasteiger partial charge is 0.0897 e. The fourth-order valence-electron chi connectivity index (χ4n) is 1.62. The fraction of sp³-hybridized carbons (Fsp3) is 0.545. The van der Waals surface area contributed by atoms with Crippen LogP contribution in [0, 0.1) is 6.92 Å². The molecule has 0 aliphatic heterocycles.